The summed E-state index contributed by atoms with van der Waals surface area (Å²) in [5.41, 5.74) is 0.971. The Morgan fingerprint density at radius 2 is 2.17 bits per heavy atom. The number of hydrogen-bond acceptors (Lipinski definition) is 3. The van der Waals surface area contributed by atoms with Crippen LogP contribution in [0.25, 0.3) is 0 Å². The number of aryl methyl sites for hydroxylation is 2. The van der Waals surface area contributed by atoms with Crippen molar-refractivity contribution in [3.8, 4) is 0 Å². The lowest BCUT2D eigenvalue weighted by Gasteiger charge is -2.04. The lowest BCUT2D eigenvalue weighted by molar-refractivity contribution is 0.577. The van der Waals surface area contributed by atoms with Crippen LogP contribution in [0.15, 0.2) is 41.6 Å². The number of hydrogen-bond donors (Lipinski definition) is 0. The van der Waals surface area contributed by atoms with E-state index in [1.165, 1.54) is 18.2 Å². The van der Waals surface area contributed by atoms with Gasteiger partial charge in [-0.3, -0.25) is 4.68 Å². The van der Waals surface area contributed by atoms with Crippen LogP contribution in [-0.2, 0) is 16.4 Å². The number of nitrogens with zero attached hydrogens (tertiary/aromatic N) is 2. The Hall–Kier alpha value is -1.69. The number of sulfone groups is 1. The molecule has 2 aromatic rings. The van der Waals surface area contributed by atoms with Crippen LogP contribution in [-0.4, -0.2) is 24.0 Å². The Bertz CT molecular complexity index is 650. The van der Waals surface area contributed by atoms with Gasteiger partial charge in [0.25, 0.3) is 0 Å². The lowest BCUT2D eigenvalue weighted by Crippen LogP contribution is -2.13. The Kier molecular flexibility index (Phi) is 3.47. The highest BCUT2D eigenvalue weighted by atomic mass is 32.2. The minimum absolute atomic E-state index is 0.00591. The highest BCUT2D eigenvalue weighted by molar-refractivity contribution is 7.91. The SMILES string of the molecule is Cc1cnn(CCS(=O)(=O)c2cccc(F)c2)c1. The van der Waals surface area contributed by atoms with E-state index >= 15 is 0 Å². The molecule has 1 heterocycles. The Labute approximate surface area is 105 Å². The standard InChI is InChI=1S/C12H13FN2O2S/c1-10-8-14-15(9-10)5-6-18(16,17)12-4-2-3-11(13)7-12/h2-4,7-9H,5-6H2,1H3. The fraction of sp³-hybridized carbons (Fsp3) is 0.250. The van der Waals surface area contributed by atoms with Gasteiger partial charge in [-0.2, -0.15) is 5.10 Å². The van der Waals surface area contributed by atoms with Gasteiger partial charge in [-0.25, -0.2) is 12.8 Å². The average molecular weight is 268 g/mol. The lowest BCUT2D eigenvalue weighted by atomic mass is 10.4. The maximum Gasteiger partial charge on any atom is 0.180 e. The first-order chi connectivity index (χ1) is 8.47. The summed E-state index contributed by atoms with van der Waals surface area (Å²) in [7, 11) is -3.47. The molecular formula is C12H13FN2O2S. The van der Waals surface area contributed by atoms with E-state index < -0.39 is 15.7 Å². The third kappa shape index (κ3) is 2.95. The largest absolute Gasteiger partial charge is 0.271 e. The molecule has 1 aromatic carbocycles. The maximum absolute atomic E-state index is 13.0. The number of aromatic nitrogens is 2. The van der Waals surface area contributed by atoms with Gasteiger partial charge in [-0.1, -0.05) is 6.07 Å². The molecule has 0 atom stereocenters. The molecule has 2 rings (SSSR count). The second kappa shape index (κ2) is 4.89. The van der Waals surface area contributed by atoms with Crippen LogP contribution in [0, 0.1) is 12.7 Å². The predicted octanol–water partition coefficient (Wildman–Crippen LogP) is 1.80. The van der Waals surface area contributed by atoms with Crippen molar-refractivity contribution < 1.29 is 12.8 Å². The van der Waals surface area contributed by atoms with E-state index in [9.17, 15) is 12.8 Å². The predicted molar refractivity (Wildman–Crippen MR) is 65.4 cm³/mol. The summed E-state index contributed by atoms with van der Waals surface area (Å²) >= 11 is 0. The molecule has 96 valence electrons. The molecule has 0 saturated carbocycles. The van der Waals surface area contributed by atoms with Gasteiger partial charge < -0.3 is 0 Å². The van der Waals surface area contributed by atoms with Crippen LogP contribution in [0.2, 0.25) is 0 Å². The molecule has 0 unspecified atom stereocenters. The molecule has 4 nitrogen and oxygen atoms in total. The number of rotatable bonds is 4. The fourth-order valence-corrected chi connectivity index (χ4v) is 2.82. The first-order valence-corrected chi connectivity index (χ1v) is 7.10. The Morgan fingerprint density at radius 1 is 1.39 bits per heavy atom. The molecule has 6 heteroatoms. The monoisotopic (exact) mass is 268 g/mol. The van der Waals surface area contributed by atoms with E-state index in [-0.39, 0.29) is 17.2 Å². The van der Waals surface area contributed by atoms with Gasteiger partial charge in [0.2, 0.25) is 0 Å². The van der Waals surface area contributed by atoms with Crippen molar-refractivity contribution in [2.45, 2.75) is 18.4 Å². The maximum atomic E-state index is 13.0. The average Bonchev–Trinajstić information content (AvgIpc) is 2.73. The van der Waals surface area contributed by atoms with E-state index in [2.05, 4.69) is 5.10 Å². The van der Waals surface area contributed by atoms with Crippen molar-refractivity contribution in [2.75, 3.05) is 5.75 Å². The first-order valence-electron chi connectivity index (χ1n) is 5.45. The van der Waals surface area contributed by atoms with Crippen LogP contribution in [0.5, 0.6) is 0 Å². The van der Waals surface area contributed by atoms with Crippen molar-refractivity contribution >= 4 is 9.84 Å². The molecule has 0 N–H and O–H groups in total. The van der Waals surface area contributed by atoms with Gasteiger partial charge in [0.05, 0.1) is 23.4 Å². The van der Waals surface area contributed by atoms with Crippen molar-refractivity contribution in [1.29, 1.82) is 0 Å². The Balaban J connectivity index is 2.13. The van der Waals surface area contributed by atoms with Gasteiger partial charge in [0.1, 0.15) is 5.82 Å². The topological polar surface area (TPSA) is 52.0 Å². The molecule has 1 aromatic heterocycles. The molecule has 0 aliphatic carbocycles. The molecule has 0 radical (unpaired) electrons. The molecule has 0 spiro atoms. The molecule has 0 amide bonds. The highest BCUT2D eigenvalue weighted by Gasteiger charge is 2.15. The quantitative estimate of drug-likeness (QED) is 0.849. The van der Waals surface area contributed by atoms with E-state index in [1.54, 1.807) is 17.1 Å². The van der Waals surface area contributed by atoms with E-state index in [4.69, 9.17) is 0 Å². The summed E-state index contributed by atoms with van der Waals surface area (Å²) in [6.07, 6.45) is 3.43. The smallest absolute Gasteiger partial charge is 0.180 e. The van der Waals surface area contributed by atoms with Gasteiger partial charge >= 0.3 is 0 Å². The van der Waals surface area contributed by atoms with Crippen LogP contribution in [0.3, 0.4) is 0 Å². The van der Waals surface area contributed by atoms with E-state index in [0.29, 0.717) is 0 Å². The summed E-state index contributed by atoms with van der Waals surface area (Å²) in [6.45, 7) is 2.14. The second-order valence-corrected chi connectivity index (χ2v) is 6.17. The fourth-order valence-electron chi connectivity index (χ4n) is 1.58. The molecule has 0 aliphatic heterocycles. The van der Waals surface area contributed by atoms with Crippen molar-refractivity contribution in [1.82, 2.24) is 9.78 Å². The Morgan fingerprint density at radius 3 is 2.78 bits per heavy atom. The summed E-state index contributed by atoms with van der Waals surface area (Å²) in [5, 5.41) is 4.01. The van der Waals surface area contributed by atoms with Crippen LogP contribution >= 0.6 is 0 Å². The zero-order valence-electron chi connectivity index (χ0n) is 9.88. The first kappa shape index (κ1) is 12.8. The highest BCUT2D eigenvalue weighted by Crippen LogP contribution is 2.12. The van der Waals surface area contributed by atoms with Crippen molar-refractivity contribution in [2.24, 2.45) is 0 Å². The molecule has 0 fully saturated rings. The van der Waals surface area contributed by atoms with Crippen molar-refractivity contribution in [3.63, 3.8) is 0 Å². The molecule has 0 bridgehead atoms. The van der Waals surface area contributed by atoms with Gasteiger partial charge in [-0.15, -0.1) is 0 Å². The molecule has 0 aliphatic rings. The zero-order valence-corrected chi connectivity index (χ0v) is 10.7. The van der Waals surface area contributed by atoms with Crippen molar-refractivity contribution in [3.05, 3.63) is 48.0 Å². The van der Waals surface area contributed by atoms with E-state index in [0.717, 1.165) is 11.6 Å². The number of benzene rings is 1. The third-order valence-corrected chi connectivity index (χ3v) is 4.20. The normalized spacial score (nSPS) is 11.7. The van der Waals surface area contributed by atoms with Gasteiger partial charge in [0, 0.05) is 6.20 Å². The third-order valence-electron chi connectivity index (χ3n) is 2.51. The van der Waals surface area contributed by atoms with Gasteiger partial charge in [-0.05, 0) is 30.7 Å². The van der Waals surface area contributed by atoms with Crippen LogP contribution in [0.4, 0.5) is 4.39 Å². The number of halogens is 1. The minimum atomic E-state index is -3.47. The van der Waals surface area contributed by atoms with E-state index in [1.807, 2.05) is 6.92 Å². The summed E-state index contributed by atoms with van der Waals surface area (Å²) in [5.74, 6) is -0.650. The summed E-state index contributed by atoms with van der Waals surface area (Å²) in [6, 6.07) is 5.03. The molecule has 0 saturated heterocycles. The second-order valence-electron chi connectivity index (χ2n) is 4.06. The van der Waals surface area contributed by atoms with Gasteiger partial charge in [0.15, 0.2) is 9.84 Å². The van der Waals surface area contributed by atoms with Crippen LogP contribution < -0.4 is 0 Å². The minimum Gasteiger partial charge on any atom is -0.271 e. The van der Waals surface area contributed by atoms with Crippen LogP contribution in [0.1, 0.15) is 5.56 Å². The zero-order chi connectivity index (χ0) is 13.2. The summed E-state index contributed by atoms with van der Waals surface area (Å²) < 4.78 is 38.5. The molecule has 18 heavy (non-hydrogen) atoms. The summed E-state index contributed by atoms with van der Waals surface area (Å²) in [4.78, 5) is 0.00591. The molecular weight excluding hydrogens is 255 g/mol.